The molecule has 2 aliphatic rings. The Hall–Kier alpha value is -6.03. The third-order valence-corrected chi connectivity index (χ3v) is 14.1. The van der Waals surface area contributed by atoms with Crippen molar-refractivity contribution in [1.29, 1.82) is 0 Å². The minimum Gasteiger partial charge on any atom is -0.395 e. The maximum Gasteiger partial charge on any atom is 0.269 e. The summed E-state index contributed by atoms with van der Waals surface area (Å²) in [4.78, 5) is 44.5. The van der Waals surface area contributed by atoms with Gasteiger partial charge in [0.15, 0.2) is 5.60 Å². The highest BCUT2D eigenvalue weighted by Gasteiger charge is 2.67. The van der Waals surface area contributed by atoms with E-state index in [1.54, 1.807) is 53.1 Å². The summed E-state index contributed by atoms with van der Waals surface area (Å²) in [6.07, 6.45) is 3.33. The maximum absolute atomic E-state index is 16.5. The summed E-state index contributed by atoms with van der Waals surface area (Å²) < 4.78 is 25.0. The summed E-state index contributed by atoms with van der Waals surface area (Å²) in [5.74, 6) is -1.67. The van der Waals surface area contributed by atoms with Gasteiger partial charge in [0.25, 0.3) is 11.6 Å². The van der Waals surface area contributed by atoms with Gasteiger partial charge >= 0.3 is 0 Å². The topological polar surface area (TPSA) is 169 Å². The fourth-order valence-corrected chi connectivity index (χ4v) is 11.6. The third-order valence-electron chi connectivity index (χ3n) is 11.7. The number of fused-ring (bicyclic) bond motifs is 3. The average Bonchev–Trinajstić information content (AvgIpc) is 3.96. The van der Waals surface area contributed by atoms with Gasteiger partial charge in [-0.05, 0) is 60.5 Å². The molecule has 0 radical (unpaired) electrons. The van der Waals surface area contributed by atoms with Crippen molar-refractivity contribution in [3.63, 3.8) is 0 Å². The van der Waals surface area contributed by atoms with E-state index in [0.29, 0.717) is 41.2 Å². The highest BCUT2D eigenvalue weighted by molar-refractivity contribution is 6.72. The van der Waals surface area contributed by atoms with Crippen molar-refractivity contribution in [1.82, 2.24) is 20.0 Å². The second-order valence-corrected chi connectivity index (χ2v) is 19.5. The van der Waals surface area contributed by atoms with Crippen LogP contribution >= 0.6 is 0 Å². The number of hydrogen-bond acceptors (Lipinski definition) is 8. The van der Waals surface area contributed by atoms with E-state index < -0.39 is 42.4 Å². The third kappa shape index (κ3) is 7.09. The number of aliphatic hydroxyl groups is 1. The van der Waals surface area contributed by atoms with Gasteiger partial charge in [-0.1, -0.05) is 72.8 Å². The number of rotatable bonds is 13. The van der Waals surface area contributed by atoms with Gasteiger partial charge in [-0.15, -0.1) is 5.10 Å². The largest absolute Gasteiger partial charge is 0.395 e. The first-order valence-electron chi connectivity index (χ1n) is 19.3. The van der Waals surface area contributed by atoms with Crippen molar-refractivity contribution < 1.29 is 28.5 Å². The van der Waals surface area contributed by atoms with Crippen LogP contribution in [-0.4, -0.2) is 62.9 Å². The van der Waals surface area contributed by atoms with Crippen LogP contribution in [0.25, 0.3) is 10.9 Å². The number of H-pyrrole nitrogens is 1. The molecule has 298 valence electrons. The number of nitrogens with one attached hydrogen (secondary N) is 2. The number of aliphatic hydroxyl groups excluding tert-OH is 1. The molecule has 4 aromatic carbocycles. The fraction of sp³-hybridized carbons (Fsp3) is 0.302. The number of halogens is 1. The standard InChI is InChI=1S/C43H44FN7O6Si/c1-27-41(58(2,3)44)39(18-19-49-25-37(47-48-49)34(26-52)29-11-5-4-6-12-29)57-43(27)35-22-32(51(55)56)16-17-38(35)50(42(43)54)24-28-10-9-13-31(20-28)46-40(53)21-30-23-45-36-15-8-7-14-33(30)36/h4-17,20,22-23,25,27,34,39,41,45,52H,18-19,21,24,26H2,1-3H3,(H,46,53)/t27-,34?,39+,41-,43+/m1/s1. The van der Waals surface area contributed by atoms with Crippen molar-refractivity contribution in [3.8, 4) is 0 Å². The molecule has 1 spiro atoms. The molecule has 13 nitrogen and oxygen atoms in total. The smallest absolute Gasteiger partial charge is 0.269 e. The van der Waals surface area contributed by atoms with Crippen molar-refractivity contribution >= 4 is 48.2 Å². The van der Waals surface area contributed by atoms with E-state index in [-0.39, 0.29) is 37.1 Å². The van der Waals surface area contributed by atoms with Gasteiger partial charge in [0.2, 0.25) is 14.3 Å². The summed E-state index contributed by atoms with van der Waals surface area (Å²) >= 11 is 0. The first kappa shape index (κ1) is 38.8. The van der Waals surface area contributed by atoms with Gasteiger partial charge in [0, 0.05) is 64.7 Å². The Morgan fingerprint density at radius 1 is 1.09 bits per heavy atom. The van der Waals surface area contributed by atoms with Crippen LogP contribution in [-0.2, 0) is 39.4 Å². The number of non-ortho nitro benzene ring substituents is 1. The number of aromatic nitrogens is 4. The molecular formula is C43H44FN7O6Si. The van der Waals surface area contributed by atoms with Crippen LogP contribution in [0.15, 0.2) is 109 Å². The number of aryl methyl sites for hydroxylation is 1. The number of ether oxygens (including phenoxy) is 1. The van der Waals surface area contributed by atoms with E-state index in [1.807, 2.05) is 73.8 Å². The average molecular weight is 802 g/mol. The number of carbonyl (C=O) groups excluding carboxylic acids is 2. The lowest BCUT2D eigenvalue weighted by Crippen LogP contribution is -2.45. The van der Waals surface area contributed by atoms with Gasteiger partial charge in [-0.25, -0.2) is 0 Å². The number of anilines is 2. The Balaban J connectivity index is 1.05. The molecule has 15 heteroatoms. The van der Waals surface area contributed by atoms with Crippen molar-refractivity contribution in [2.24, 2.45) is 5.92 Å². The number of nitro benzene ring substituents is 1. The van der Waals surface area contributed by atoms with Crippen LogP contribution in [0.4, 0.5) is 21.2 Å². The molecule has 2 aromatic heterocycles. The maximum atomic E-state index is 16.5. The lowest BCUT2D eigenvalue weighted by atomic mass is 9.82. The van der Waals surface area contributed by atoms with Gasteiger partial charge in [0.1, 0.15) is 0 Å². The normalized spacial score (nSPS) is 20.8. The first-order valence-corrected chi connectivity index (χ1v) is 22.3. The quantitative estimate of drug-likeness (QED) is 0.0471. The van der Waals surface area contributed by atoms with E-state index in [1.165, 1.54) is 12.1 Å². The van der Waals surface area contributed by atoms with E-state index in [0.717, 1.165) is 22.0 Å². The second-order valence-electron chi connectivity index (χ2n) is 15.7. The second kappa shape index (κ2) is 15.4. The number of aromatic amines is 1. The molecule has 0 saturated carbocycles. The van der Waals surface area contributed by atoms with E-state index in [2.05, 4.69) is 20.6 Å². The summed E-state index contributed by atoms with van der Waals surface area (Å²) in [5, 5.41) is 34.8. The SMILES string of the molecule is C[C@@H]1[C@@H]([Si](C)(C)F)[C@H](CCn2cc(C(CO)c3ccccc3)nn2)O[C@@]12C(=O)N(Cc1cccc(NC(=O)Cc3c[nH]c4ccccc34)c1)c1ccc([N+](=O)[O-])cc12. The van der Waals surface area contributed by atoms with Crippen LogP contribution in [0.1, 0.15) is 47.2 Å². The number of amides is 2. The number of hydrogen-bond donors (Lipinski definition) is 3. The van der Waals surface area contributed by atoms with Gasteiger partial charge in [-0.2, -0.15) is 0 Å². The zero-order valence-electron chi connectivity index (χ0n) is 32.3. The molecule has 2 amide bonds. The Labute approximate surface area is 335 Å². The number of nitro groups is 1. The Bertz CT molecular complexity index is 2500. The predicted octanol–water partition coefficient (Wildman–Crippen LogP) is 7.39. The minimum absolute atomic E-state index is 0.0780. The number of para-hydroxylation sites is 1. The van der Waals surface area contributed by atoms with E-state index >= 15 is 4.11 Å². The predicted molar refractivity (Wildman–Crippen MR) is 219 cm³/mol. The molecule has 1 fully saturated rings. The van der Waals surface area contributed by atoms with Crippen LogP contribution in [0, 0.1) is 16.0 Å². The number of nitrogens with zero attached hydrogens (tertiary/aromatic N) is 5. The lowest BCUT2D eigenvalue weighted by molar-refractivity contribution is -0.385. The summed E-state index contributed by atoms with van der Waals surface area (Å²) in [6, 6.07) is 28.8. The minimum atomic E-state index is -3.54. The zero-order valence-corrected chi connectivity index (χ0v) is 33.3. The molecule has 6 aromatic rings. The monoisotopic (exact) mass is 801 g/mol. The molecule has 1 saturated heterocycles. The molecule has 8 rings (SSSR count). The molecular weight excluding hydrogens is 758 g/mol. The van der Waals surface area contributed by atoms with Crippen LogP contribution in [0.2, 0.25) is 18.6 Å². The molecule has 5 atom stereocenters. The molecule has 0 aliphatic carbocycles. The van der Waals surface area contributed by atoms with Gasteiger partial charge < -0.3 is 29.2 Å². The zero-order chi connectivity index (χ0) is 40.8. The lowest BCUT2D eigenvalue weighted by Gasteiger charge is -2.31. The van der Waals surface area contributed by atoms with E-state index in [4.69, 9.17) is 4.74 Å². The van der Waals surface area contributed by atoms with Crippen molar-refractivity contribution in [2.75, 3.05) is 16.8 Å². The summed E-state index contributed by atoms with van der Waals surface area (Å²) in [5.41, 5.74) is 2.82. The summed E-state index contributed by atoms with van der Waals surface area (Å²) in [6.45, 7) is 5.24. The van der Waals surface area contributed by atoms with Crippen LogP contribution < -0.4 is 10.2 Å². The Morgan fingerprint density at radius 2 is 1.86 bits per heavy atom. The molecule has 1 unspecified atom stereocenters. The highest BCUT2D eigenvalue weighted by Crippen LogP contribution is 2.60. The van der Waals surface area contributed by atoms with E-state index in [9.17, 15) is 24.8 Å². The number of benzene rings is 4. The Morgan fingerprint density at radius 3 is 2.62 bits per heavy atom. The summed E-state index contributed by atoms with van der Waals surface area (Å²) in [7, 11) is -3.54. The molecule has 3 N–H and O–H groups in total. The van der Waals surface area contributed by atoms with Crippen molar-refractivity contribution in [2.45, 2.75) is 69.1 Å². The fourth-order valence-electron chi connectivity index (χ4n) is 9.06. The van der Waals surface area contributed by atoms with Crippen LogP contribution in [0.5, 0.6) is 0 Å². The van der Waals surface area contributed by atoms with Crippen LogP contribution in [0.3, 0.4) is 0 Å². The number of carbonyl (C=O) groups is 2. The molecule has 4 heterocycles. The Kier molecular flexibility index (Phi) is 10.3. The van der Waals surface area contributed by atoms with Crippen molar-refractivity contribution in [3.05, 3.63) is 148 Å². The highest BCUT2D eigenvalue weighted by atomic mass is 28.4. The molecule has 0 bridgehead atoms. The molecule has 2 aliphatic heterocycles. The van der Waals surface area contributed by atoms with Gasteiger partial charge in [-0.3, -0.25) is 24.4 Å². The molecule has 58 heavy (non-hydrogen) atoms. The first-order chi connectivity index (χ1) is 27.9. The van der Waals surface area contributed by atoms with Gasteiger partial charge in [0.05, 0.1) is 47.9 Å².